The van der Waals surface area contributed by atoms with Gasteiger partial charge in [0, 0.05) is 28.0 Å². The van der Waals surface area contributed by atoms with E-state index >= 15 is 0 Å². The summed E-state index contributed by atoms with van der Waals surface area (Å²) in [6, 6.07) is 54.0. The lowest BCUT2D eigenvalue weighted by atomic mass is 9.90. The van der Waals surface area contributed by atoms with Gasteiger partial charge in [0.25, 0.3) is 0 Å². The fourth-order valence-corrected chi connectivity index (χ4v) is 7.78. The van der Waals surface area contributed by atoms with Crippen molar-refractivity contribution in [2.75, 3.05) is 4.90 Å². The summed E-state index contributed by atoms with van der Waals surface area (Å²) < 4.78 is 0. The number of allylic oxidation sites excluding steroid dienone is 3. The molecule has 9 rings (SSSR count). The third-order valence-corrected chi connectivity index (χ3v) is 10.4. The van der Waals surface area contributed by atoms with Crippen LogP contribution in [0, 0.1) is 11.3 Å². The Hall–Kier alpha value is -7.10. The molecule has 264 valence electrons. The average molecular weight is 711 g/mol. The minimum Gasteiger partial charge on any atom is -0.364 e. The number of hydrogen-bond acceptors (Lipinski definition) is 6. The fraction of sp³-hybridized carbons (Fsp3) is 0.102. The van der Waals surface area contributed by atoms with Crippen LogP contribution in [-0.4, -0.2) is 21.1 Å². The van der Waals surface area contributed by atoms with Crippen molar-refractivity contribution < 1.29 is 0 Å². The molecule has 1 atom stereocenters. The van der Waals surface area contributed by atoms with Gasteiger partial charge in [-0.1, -0.05) is 140 Å². The van der Waals surface area contributed by atoms with E-state index in [0.29, 0.717) is 23.0 Å². The summed E-state index contributed by atoms with van der Waals surface area (Å²) >= 11 is 0. The van der Waals surface area contributed by atoms with E-state index < -0.39 is 0 Å². The van der Waals surface area contributed by atoms with Gasteiger partial charge in [0.1, 0.15) is 6.17 Å². The molecule has 2 aliphatic rings. The van der Waals surface area contributed by atoms with Crippen molar-refractivity contribution >= 4 is 5.69 Å². The minimum absolute atomic E-state index is 0.155. The van der Waals surface area contributed by atoms with Crippen LogP contribution < -0.4 is 10.2 Å². The predicted molar refractivity (Wildman–Crippen MR) is 222 cm³/mol. The Balaban J connectivity index is 1.19. The van der Waals surface area contributed by atoms with Gasteiger partial charge in [-0.15, -0.1) is 0 Å². The highest BCUT2D eigenvalue weighted by molar-refractivity contribution is 5.92. The molecule has 0 amide bonds. The monoisotopic (exact) mass is 710 g/mol. The van der Waals surface area contributed by atoms with Gasteiger partial charge in [0.15, 0.2) is 17.5 Å². The molecule has 6 nitrogen and oxygen atoms in total. The molecule has 1 N–H and O–H groups in total. The smallest absolute Gasteiger partial charge is 0.164 e. The number of para-hydroxylation sites is 1. The van der Waals surface area contributed by atoms with E-state index in [0.717, 1.165) is 75.0 Å². The van der Waals surface area contributed by atoms with Crippen LogP contribution >= 0.6 is 0 Å². The van der Waals surface area contributed by atoms with E-state index in [-0.39, 0.29) is 6.17 Å². The van der Waals surface area contributed by atoms with Crippen molar-refractivity contribution in [1.29, 1.82) is 5.26 Å². The number of nitrogens with zero attached hydrogens (tertiary/aromatic N) is 5. The lowest BCUT2D eigenvalue weighted by Gasteiger charge is -2.31. The summed E-state index contributed by atoms with van der Waals surface area (Å²) in [6.45, 7) is 2.23. The Morgan fingerprint density at radius 1 is 0.600 bits per heavy atom. The average Bonchev–Trinajstić information content (AvgIpc) is 3.65. The van der Waals surface area contributed by atoms with Crippen molar-refractivity contribution in [3.63, 3.8) is 0 Å². The highest BCUT2D eigenvalue weighted by Crippen LogP contribution is 2.43. The molecule has 2 heterocycles. The van der Waals surface area contributed by atoms with E-state index in [2.05, 4.69) is 108 Å². The van der Waals surface area contributed by atoms with Crippen molar-refractivity contribution in [3.05, 3.63) is 181 Å². The predicted octanol–water partition coefficient (Wildman–Crippen LogP) is 11.5. The van der Waals surface area contributed by atoms with E-state index in [1.165, 1.54) is 11.4 Å². The fourth-order valence-electron chi connectivity index (χ4n) is 7.78. The van der Waals surface area contributed by atoms with E-state index in [1.54, 1.807) is 0 Å². The largest absolute Gasteiger partial charge is 0.364 e. The van der Waals surface area contributed by atoms with Crippen LogP contribution in [0.1, 0.15) is 31.7 Å². The van der Waals surface area contributed by atoms with E-state index in [4.69, 9.17) is 15.0 Å². The Bertz CT molecular complexity index is 2640. The van der Waals surface area contributed by atoms with Gasteiger partial charge >= 0.3 is 0 Å². The molecular weight excluding hydrogens is 673 g/mol. The number of benzene rings is 6. The van der Waals surface area contributed by atoms with Crippen LogP contribution in [0.25, 0.3) is 67.5 Å². The first-order valence-corrected chi connectivity index (χ1v) is 18.8. The van der Waals surface area contributed by atoms with Gasteiger partial charge in [-0.25, -0.2) is 15.0 Å². The second-order valence-electron chi connectivity index (χ2n) is 13.8. The van der Waals surface area contributed by atoms with Crippen LogP contribution in [0.4, 0.5) is 5.69 Å². The van der Waals surface area contributed by atoms with Crippen LogP contribution in [0.3, 0.4) is 0 Å². The van der Waals surface area contributed by atoms with Crippen LogP contribution in [0.2, 0.25) is 0 Å². The van der Waals surface area contributed by atoms with Gasteiger partial charge < -0.3 is 10.2 Å². The SMILES string of the molecule is CCC1NC2=C(CCC=C2)N1c1ccccc1-c1ccc(C#N)cc1-c1cccc(-c2nc(-c3ccccc3)nc(-c3ccccc3-c3ccccc3)n2)c1. The van der Waals surface area contributed by atoms with Crippen LogP contribution in [-0.2, 0) is 0 Å². The normalized spacial score (nSPS) is 14.7. The lowest BCUT2D eigenvalue weighted by Crippen LogP contribution is -2.37. The highest BCUT2D eigenvalue weighted by atomic mass is 15.3. The van der Waals surface area contributed by atoms with Crippen molar-refractivity contribution in [2.24, 2.45) is 0 Å². The van der Waals surface area contributed by atoms with Crippen LogP contribution in [0.5, 0.6) is 0 Å². The van der Waals surface area contributed by atoms with Gasteiger partial charge in [0.05, 0.1) is 23.0 Å². The first kappa shape index (κ1) is 33.7. The second-order valence-corrected chi connectivity index (χ2v) is 13.8. The molecule has 0 saturated heterocycles. The number of anilines is 1. The molecule has 0 spiro atoms. The maximum atomic E-state index is 10.1. The summed E-state index contributed by atoms with van der Waals surface area (Å²) in [5.41, 5.74) is 13.2. The zero-order valence-corrected chi connectivity index (χ0v) is 30.5. The number of nitrogens with one attached hydrogen (secondary N) is 1. The van der Waals surface area contributed by atoms with Gasteiger partial charge in [-0.3, -0.25) is 0 Å². The third kappa shape index (κ3) is 6.47. The molecule has 6 heteroatoms. The standard InChI is InChI=1S/C49H38N6/c1-2-46-51-43-25-12-14-27-45(43)55(46)44-26-13-11-23-40(44)39-29-28-33(32-50)30-42(39)36-20-15-21-37(31-36)48-52-47(35-18-7-4-8-19-35)53-49(54-48)41-24-10-9-22-38(41)34-16-5-3-6-17-34/h3-13,15-26,28-31,46,51H,2,14,27H2,1H3. The van der Waals surface area contributed by atoms with E-state index in [9.17, 15) is 5.26 Å². The summed E-state index contributed by atoms with van der Waals surface area (Å²) in [5, 5.41) is 13.9. The third-order valence-electron chi connectivity index (χ3n) is 10.4. The maximum Gasteiger partial charge on any atom is 0.164 e. The summed E-state index contributed by atoms with van der Waals surface area (Å²) in [4.78, 5) is 17.8. The van der Waals surface area contributed by atoms with Crippen molar-refractivity contribution in [3.8, 4) is 73.6 Å². The minimum atomic E-state index is 0.155. The molecule has 1 aliphatic carbocycles. The van der Waals surface area contributed by atoms with Crippen LogP contribution in [0.15, 0.2) is 175 Å². The summed E-state index contributed by atoms with van der Waals surface area (Å²) in [5.74, 6) is 1.78. The molecule has 0 fully saturated rings. The molecule has 1 aliphatic heterocycles. The van der Waals surface area contributed by atoms with Gasteiger partial charge in [-0.2, -0.15) is 5.26 Å². The number of aromatic nitrogens is 3. The Labute approximate surface area is 321 Å². The molecule has 0 radical (unpaired) electrons. The molecule has 0 bridgehead atoms. The molecule has 55 heavy (non-hydrogen) atoms. The molecular formula is C49H38N6. The number of rotatable bonds is 8. The molecule has 0 saturated carbocycles. The van der Waals surface area contributed by atoms with E-state index in [1.807, 2.05) is 78.9 Å². The molecule has 1 unspecified atom stereocenters. The molecule has 7 aromatic rings. The van der Waals surface area contributed by atoms with Gasteiger partial charge in [0.2, 0.25) is 0 Å². The zero-order valence-electron chi connectivity index (χ0n) is 30.5. The maximum absolute atomic E-state index is 10.1. The Morgan fingerprint density at radius 2 is 1.24 bits per heavy atom. The van der Waals surface area contributed by atoms with Gasteiger partial charge in [-0.05, 0) is 77.4 Å². The highest BCUT2D eigenvalue weighted by Gasteiger charge is 2.32. The first-order chi connectivity index (χ1) is 27.2. The zero-order chi connectivity index (χ0) is 37.1. The number of nitriles is 1. The molecule has 6 aromatic carbocycles. The number of hydrogen-bond donors (Lipinski definition) is 1. The summed E-state index contributed by atoms with van der Waals surface area (Å²) in [6.07, 6.45) is 7.58. The van der Waals surface area contributed by atoms with Crippen molar-refractivity contribution in [2.45, 2.75) is 32.4 Å². The summed E-state index contributed by atoms with van der Waals surface area (Å²) in [7, 11) is 0. The quantitative estimate of drug-likeness (QED) is 0.169. The molecule has 1 aromatic heterocycles. The second kappa shape index (κ2) is 14.7. The lowest BCUT2D eigenvalue weighted by molar-refractivity contribution is 0.589. The first-order valence-electron chi connectivity index (χ1n) is 18.8. The topological polar surface area (TPSA) is 77.7 Å². The Kier molecular flexibility index (Phi) is 9.03. The Morgan fingerprint density at radius 3 is 2.00 bits per heavy atom. The van der Waals surface area contributed by atoms with Crippen molar-refractivity contribution in [1.82, 2.24) is 20.3 Å².